The molecule has 18 heavy (non-hydrogen) atoms. The number of pyridine rings is 1. The van der Waals surface area contributed by atoms with Crippen molar-refractivity contribution in [3.05, 3.63) is 29.5 Å². The third-order valence-electron chi connectivity index (χ3n) is 3.46. The summed E-state index contributed by atoms with van der Waals surface area (Å²) in [5.74, 6) is 1.21. The van der Waals surface area contributed by atoms with Gasteiger partial charge in [0.05, 0.1) is 13.1 Å². The summed E-state index contributed by atoms with van der Waals surface area (Å²) >= 11 is 0. The number of ketones is 1. The largest absolute Gasteiger partial charge is 0.367 e. The lowest BCUT2D eigenvalue weighted by Gasteiger charge is -2.38. The van der Waals surface area contributed by atoms with Crippen LogP contribution < -0.4 is 10.4 Å². The summed E-state index contributed by atoms with van der Waals surface area (Å²) in [4.78, 5) is 18.2. The monoisotopic (exact) mass is 244 g/mol. The van der Waals surface area contributed by atoms with Crippen LogP contribution in [0.2, 0.25) is 0 Å². The Kier molecular flexibility index (Phi) is 2.56. The van der Waals surface area contributed by atoms with E-state index in [1.165, 1.54) is 11.3 Å². The van der Waals surface area contributed by atoms with Gasteiger partial charge < -0.3 is 4.90 Å². The Morgan fingerprint density at radius 1 is 1.39 bits per heavy atom. The molecule has 0 saturated carbocycles. The zero-order valence-electron chi connectivity index (χ0n) is 10.6. The summed E-state index contributed by atoms with van der Waals surface area (Å²) in [6.45, 7) is 1.21. The Bertz CT molecular complexity index is 538. The number of nitrogens with zero attached hydrogens (tertiary/aromatic N) is 3. The molecule has 3 rings (SSSR count). The first-order valence-electron chi connectivity index (χ1n) is 6.06. The molecule has 0 spiro atoms. The maximum absolute atomic E-state index is 11.7. The van der Waals surface area contributed by atoms with E-state index >= 15 is 0 Å². The molecule has 0 bridgehead atoms. The van der Waals surface area contributed by atoms with Gasteiger partial charge in [-0.05, 0) is 17.7 Å². The Hall–Kier alpha value is -1.88. The van der Waals surface area contributed by atoms with E-state index in [4.69, 9.17) is 0 Å². The lowest BCUT2D eigenvalue weighted by molar-refractivity contribution is -0.119. The number of carbonyl (C=O) groups excluding carboxylic acids is 1. The molecule has 3 heterocycles. The first kappa shape index (κ1) is 11.2. The number of hydrogen-bond donors (Lipinski definition) is 1. The minimum Gasteiger partial charge on any atom is -0.367 e. The second kappa shape index (κ2) is 4.10. The van der Waals surface area contributed by atoms with Crippen LogP contribution in [0.25, 0.3) is 5.70 Å². The zero-order valence-corrected chi connectivity index (χ0v) is 10.6. The second-order valence-corrected chi connectivity index (χ2v) is 4.71. The number of likely N-dealkylation sites (N-methyl/N-ethyl adjacent to an activating group) is 1. The third kappa shape index (κ3) is 1.59. The standard InChI is InChI=1S/C13H16N4O/c1-14-17-7-9-6-10(18)8-16(2)12(9)11-4-3-5-15-13(11)17/h3-5,14H,6-8H2,1-2H3. The van der Waals surface area contributed by atoms with Crippen LogP contribution >= 0.6 is 0 Å². The molecule has 94 valence electrons. The molecule has 5 nitrogen and oxygen atoms in total. The highest BCUT2D eigenvalue weighted by Gasteiger charge is 2.31. The molecule has 0 aromatic carbocycles. The molecule has 0 radical (unpaired) electrons. The Morgan fingerprint density at radius 3 is 3.00 bits per heavy atom. The molecule has 5 heteroatoms. The number of Topliss-reactive ketones (excluding diaryl/α,β-unsaturated/α-hetero) is 1. The number of fused-ring (bicyclic) bond motifs is 2. The van der Waals surface area contributed by atoms with E-state index in [0.29, 0.717) is 19.5 Å². The van der Waals surface area contributed by atoms with Crippen molar-refractivity contribution >= 4 is 17.3 Å². The summed E-state index contributed by atoms with van der Waals surface area (Å²) < 4.78 is 0. The van der Waals surface area contributed by atoms with Gasteiger partial charge in [-0.3, -0.25) is 9.80 Å². The molecule has 2 aliphatic rings. The minimum absolute atomic E-state index is 0.277. The molecule has 1 aromatic heterocycles. The van der Waals surface area contributed by atoms with Crippen LogP contribution in [0.3, 0.4) is 0 Å². The highest BCUT2D eigenvalue weighted by atomic mass is 16.1. The van der Waals surface area contributed by atoms with Crippen LogP contribution in [-0.4, -0.2) is 42.9 Å². The molecule has 1 aromatic rings. The van der Waals surface area contributed by atoms with Crippen molar-refractivity contribution < 1.29 is 4.79 Å². The Labute approximate surface area is 106 Å². The first-order valence-corrected chi connectivity index (χ1v) is 6.06. The fourth-order valence-corrected chi connectivity index (χ4v) is 2.77. The van der Waals surface area contributed by atoms with Crippen LogP contribution in [0.5, 0.6) is 0 Å². The fraction of sp³-hybridized carbons (Fsp3) is 0.385. The highest BCUT2D eigenvalue weighted by molar-refractivity contribution is 5.92. The molecule has 0 unspecified atom stereocenters. The van der Waals surface area contributed by atoms with E-state index in [1.807, 2.05) is 30.1 Å². The van der Waals surface area contributed by atoms with Gasteiger partial charge in [-0.1, -0.05) is 0 Å². The van der Waals surface area contributed by atoms with Gasteiger partial charge in [0.15, 0.2) is 11.6 Å². The molecular weight excluding hydrogens is 228 g/mol. The lowest BCUT2D eigenvalue weighted by atomic mass is 9.94. The van der Waals surface area contributed by atoms with Crippen molar-refractivity contribution in [2.24, 2.45) is 0 Å². The lowest BCUT2D eigenvalue weighted by Crippen LogP contribution is -2.44. The quantitative estimate of drug-likeness (QED) is 0.786. The number of rotatable bonds is 1. The number of carbonyl (C=O) groups is 1. The molecule has 0 amide bonds. The number of hydrogen-bond acceptors (Lipinski definition) is 5. The van der Waals surface area contributed by atoms with Gasteiger partial charge in [0.25, 0.3) is 0 Å². The van der Waals surface area contributed by atoms with E-state index in [1.54, 1.807) is 6.20 Å². The smallest absolute Gasteiger partial charge is 0.156 e. The zero-order chi connectivity index (χ0) is 12.7. The third-order valence-corrected chi connectivity index (χ3v) is 3.46. The van der Waals surface area contributed by atoms with Crippen LogP contribution in [0, 0.1) is 0 Å². The van der Waals surface area contributed by atoms with Gasteiger partial charge >= 0.3 is 0 Å². The Balaban J connectivity index is 2.16. The molecule has 0 atom stereocenters. The summed E-state index contributed by atoms with van der Waals surface area (Å²) in [5.41, 5.74) is 6.57. The molecule has 0 fully saturated rings. The maximum atomic E-state index is 11.7. The Morgan fingerprint density at radius 2 is 2.22 bits per heavy atom. The van der Waals surface area contributed by atoms with Crippen molar-refractivity contribution in [2.45, 2.75) is 6.42 Å². The maximum Gasteiger partial charge on any atom is 0.156 e. The summed E-state index contributed by atoms with van der Waals surface area (Å²) in [6.07, 6.45) is 2.34. The summed E-state index contributed by atoms with van der Waals surface area (Å²) in [7, 11) is 3.84. The van der Waals surface area contributed by atoms with Gasteiger partial charge in [0.1, 0.15) is 0 Å². The predicted octanol–water partition coefficient (Wildman–Crippen LogP) is 0.652. The summed E-state index contributed by atoms with van der Waals surface area (Å²) in [5, 5.41) is 1.99. The highest BCUT2D eigenvalue weighted by Crippen LogP contribution is 2.36. The van der Waals surface area contributed by atoms with E-state index in [9.17, 15) is 4.79 Å². The molecular formula is C13H16N4O. The number of nitrogens with one attached hydrogen (secondary N) is 1. The van der Waals surface area contributed by atoms with Gasteiger partial charge in [0.2, 0.25) is 0 Å². The van der Waals surface area contributed by atoms with Crippen LogP contribution in [-0.2, 0) is 4.79 Å². The van der Waals surface area contributed by atoms with Crippen LogP contribution in [0.4, 0.5) is 5.82 Å². The van der Waals surface area contributed by atoms with Crippen molar-refractivity contribution in [3.63, 3.8) is 0 Å². The fourth-order valence-electron chi connectivity index (χ4n) is 2.77. The van der Waals surface area contributed by atoms with Gasteiger partial charge in [-0.15, -0.1) is 0 Å². The van der Waals surface area contributed by atoms with E-state index in [0.717, 1.165) is 11.4 Å². The SMILES string of the molecule is CNN1CC2=C(c3cccnc31)N(C)CC(=O)C2. The number of anilines is 1. The van der Waals surface area contributed by atoms with Gasteiger partial charge in [-0.25, -0.2) is 10.4 Å². The van der Waals surface area contributed by atoms with Gasteiger partial charge in [0, 0.05) is 38.0 Å². The first-order chi connectivity index (χ1) is 8.70. The summed E-state index contributed by atoms with van der Waals surface area (Å²) in [6, 6.07) is 4.00. The molecule has 2 aliphatic heterocycles. The number of hydrazine groups is 1. The van der Waals surface area contributed by atoms with Crippen molar-refractivity contribution in [1.82, 2.24) is 15.3 Å². The van der Waals surface area contributed by atoms with Crippen molar-refractivity contribution in [3.8, 4) is 0 Å². The normalized spacial score (nSPS) is 18.9. The number of aromatic nitrogens is 1. The van der Waals surface area contributed by atoms with E-state index < -0.39 is 0 Å². The second-order valence-electron chi connectivity index (χ2n) is 4.71. The average Bonchev–Trinajstić information content (AvgIpc) is 2.36. The van der Waals surface area contributed by atoms with E-state index in [2.05, 4.69) is 16.5 Å². The van der Waals surface area contributed by atoms with E-state index in [-0.39, 0.29) is 5.78 Å². The van der Waals surface area contributed by atoms with Gasteiger partial charge in [-0.2, -0.15) is 0 Å². The molecule has 1 N–H and O–H groups in total. The minimum atomic E-state index is 0.277. The topological polar surface area (TPSA) is 48.5 Å². The average molecular weight is 244 g/mol. The van der Waals surface area contributed by atoms with Crippen LogP contribution in [0.15, 0.2) is 23.9 Å². The molecule has 0 saturated heterocycles. The predicted molar refractivity (Wildman–Crippen MR) is 69.8 cm³/mol. The molecule has 0 aliphatic carbocycles. The van der Waals surface area contributed by atoms with Crippen molar-refractivity contribution in [1.29, 1.82) is 0 Å². The van der Waals surface area contributed by atoms with Crippen molar-refractivity contribution in [2.75, 3.05) is 32.2 Å². The van der Waals surface area contributed by atoms with Crippen LogP contribution in [0.1, 0.15) is 12.0 Å².